The topological polar surface area (TPSA) is 47.8 Å². The van der Waals surface area contributed by atoms with Gasteiger partial charge in [0.25, 0.3) is 5.56 Å². The van der Waals surface area contributed by atoms with Crippen LogP contribution < -0.4 is 5.56 Å². The van der Waals surface area contributed by atoms with Crippen molar-refractivity contribution >= 4 is 33.4 Å². The summed E-state index contributed by atoms with van der Waals surface area (Å²) in [6.45, 7) is 0. The Morgan fingerprint density at radius 1 is 1.28 bits per heavy atom. The summed E-state index contributed by atoms with van der Waals surface area (Å²) in [6.07, 6.45) is 3.47. The monoisotopic (exact) mass is 275 g/mol. The smallest absolute Gasteiger partial charge is 0.267 e. The number of hydrogen-bond donors (Lipinski definition) is 0. The van der Waals surface area contributed by atoms with E-state index in [-0.39, 0.29) is 5.56 Å². The second-order valence-electron chi connectivity index (χ2n) is 3.59. The van der Waals surface area contributed by atoms with Crippen molar-refractivity contribution in [2.45, 2.75) is 4.34 Å². The summed E-state index contributed by atoms with van der Waals surface area (Å²) < 4.78 is 3.01. The molecule has 0 aliphatic heterocycles. The van der Waals surface area contributed by atoms with Crippen LogP contribution in [-0.2, 0) is 0 Å². The first-order chi connectivity index (χ1) is 8.79. The average Bonchev–Trinajstić information content (AvgIpc) is 2.84. The van der Waals surface area contributed by atoms with Crippen LogP contribution in [0.2, 0.25) is 0 Å². The van der Waals surface area contributed by atoms with Crippen molar-refractivity contribution in [2.24, 2.45) is 0 Å². The van der Waals surface area contributed by atoms with Gasteiger partial charge in [-0.25, -0.2) is 9.97 Å². The van der Waals surface area contributed by atoms with E-state index in [2.05, 4.69) is 9.97 Å². The van der Waals surface area contributed by atoms with Crippen LogP contribution in [0.3, 0.4) is 0 Å². The zero-order valence-electron chi connectivity index (χ0n) is 9.53. The Labute approximate surface area is 111 Å². The van der Waals surface area contributed by atoms with Crippen LogP contribution in [0.4, 0.5) is 0 Å². The highest BCUT2D eigenvalue weighted by Crippen LogP contribution is 2.24. The number of nitrogens with zero attached hydrogens (tertiary/aromatic N) is 3. The Hall–Kier alpha value is -1.66. The van der Waals surface area contributed by atoms with Gasteiger partial charge in [-0.05, 0) is 18.4 Å². The summed E-state index contributed by atoms with van der Waals surface area (Å²) in [5.41, 5.74) is 1.28. The van der Waals surface area contributed by atoms with Gasteiger partial charge in [0.15, 0.2) is 9.99 Å². The molecule has 3 rings (SSSR count). The maximum absolute atomic E-state index is 12.3. The number of thioether (sulfide) groups is 1. The zero-order chi connectivity index (χ0) is 12.5. The average molecular weight is 275 g/mol. The Morgan fingerprint density at radius 3 is 2.78 bits per heavy atom. The maximum Gasteiger partial charge on any atom is 0.277 e. The van der Waals surface area contributed by atoms with E-state index in [4.69, 9.17) is 0 Å². The van der Waals surface area contributed by atoms with Crippen LogP contribution in [0.25, 0.3) is 16.0 Å². The van der Waals surface area contributed by atoms with Gasteiger partial charge in [0, 0.05) is 0 Å². The van der Waals surface area contributed by atoms with Gasteiger partial charge in [-0.2, -0.15) is 0 Å². The predicted molar refractivity (Wildman–Crippen MR) is 74.8 cm³/mol. The molecule has 0 aliphatic carbocycles. The first-order valence-corrected chi connectivity index (χ1v) is 7.31. The van der Waals surface area contributed by atoms with E-state index >= 15 is 0 Å². The van der Waals surface area contributed by atoms with E-state index in [1.807, 2.05) is 36.6 Å². The van der Waals surface area contributed by atoms with Crippen molar-refractivity contribution < 1.29 is 0 Å². The molecule has 2 aromatic heterocycles. The summed E-state index contributed by atoms with van der Waals surface area (Å²) in [4.78, 5) is 20.9. The van der Waals surface area contributed by atoms with E-state index in [1.54, 1.807) is 4.57 Å². The minimum Gasteiger partial charge on any atom is -0.267 e. The second-order valence-corrected chi connectivity index (χ2v) is 5.64. The number of para-hydroxylation sites is 1. The van der Waals surface area contributed by atoms with Gasteiger partial charge in [-0.15, -0.1) is 11.3 Å². The van der Waals surface area contributed by atoms with Crippen molar-refractivity contribution in [1.82, 2.24) is 14.5 Å². The Morgan fingerprint density at radius 2 is 2.06 bits per heavy atom. The molecule has 3 aromatic rings. The lowest BCUT2D eigenvalue weighted by Gasteiger charge is -2.03. The number of fused-ring (bicyclic) bond motifs is 1. The number of thiazole rings is 1. The molecule has 90 valence electrons. The minimum atomic E-state index is -0.0657. The fraction of sp³-hybridized carbons (Fsp3) is 0.0833. The summed E-state index contributed by atoms with van der Waals surface area (Å²) in [5, 5.41) is 0. The van der Waals surface area contributed by atoms with Crippen LogP contribution in [-0.4, -0.2) is 20.8 Å². The van der Waals surface area contributed by atoms with Crippen LogP contribution in [0.5, 0.6) is 0 Å². The molecule has 0 unspecified atom stereocenters. The zero-order valence-corrected chi connectivity index (χ0v) is 11.2. The molecule has 2 heterocycles. The molecule has 18 heavy (non-hydrogen) atoms. The third kappa shape index (κ3) is 1.83. The molecule has 6 heteroatoms. The molecule has 0 saturated carbocycles. The lowest BCUT2D eigenvalue weighted by molar-refractivity contribution is 0.960. The molecule has 0 bridgehead atoms. The third-order valence-electron chi connectivity index (χ3n) is 2.51. The Bertz CT molecular complexity index is 749. The highest BCUT2D eigenvalue weighted by Gasteiger charge is 2.10. The number of hydrogen-bond acceptors (Lipinski definition) is 5. The van der Waals surface area contributed by atoms with Gasteiger partial charge in [0.2, 0.25) is 0 Å². The number of benzene rings is 1. The molecular weight excluding hydrogens is 266 g/mol. The van der Waals surface area contributed by atoms with E-state index in [9.17, 15) is 4.79 Å². The molecule has 0 spiro atoms. The molecule has 0 aliphatic rings. The lowest BCUT2D eigenvalue weighted by atomic mass is 10.3. The molecule has 4 nitrogen and oxygen atoms in total. The van der Waals surface area contributed by atoms with Gasteiger partial charge in [0.05, 0.1) is 5.69 Å². The van der Waals surface area contributed by atoms with Crippen LogP contribution in [0.15, 0.2) is 45.8 Å². The highest BCUT2D eigenvalue weighted by atomic mass is 32.2. The molecule has 0 saturated heterocycles. The van der Waals surface area contributed by atoms with Crippen molar-refractivity contribution in [3.05, 3.63) is 47.0 Å². The van der Waals surface area contributed by atoms with Crippen LogP contribution in [0.1, 0.15) is 0 Å². The Balaban J connectivity index is 2.27. The molecule has 0 N–H and O–H groups in total. The van der Waals surface area contributed by atoms with E-state index in [1.165, 1.54) is 29.4 Å². The number of aromatic nitrogens is 3. The largest absolute Gasteiger partial charge is 0.277 e. The molecular formula is C12H9N3OS2. The van der Waals surface area contributed by atoms with Crippen molar-refractivity contribution in [3.63, 3.8) is 0 Å². The quantitative estimate of drug-likeness (QED) is 0.674. The maximum atomic E-state index is 12.3. The molecule has 1 aromatic carbocycles. The van der Waals surface area contributed by atoms with Gasteiger partial charge in [0.1, 0.15) is 11.0 Å². The second kappa shape index (κ2) is 4.55. The lowest BCUT2D eigenvalue weighted by Crippen LogP contribution is -2.17. The predicted octanol–water partition coefficient (Wildman–Crippen LogP) is 2.56. The summed E-state index contributed by atoms with van der Waals surface area (Å²) in [6, 6.07) is 9.47. The minimum absolute atomic E-state index is 0.0657. The van der Waals surface area contributed by atoms with E-state index in [0.29, 0.717) is 10.3 Å². The van der Waals surface area contributed by atoms with Gasteiger partial charge >= 0.3 is 0 Å². The summed E-state index contributed by atoms with van der Waals surface area (Å²) in [7, 11) is 0. The van der Waals surface area contributed by atoms with Crippen LogP contribution in [0, 0.1) is 0 Å². The first-order valence-electron chi connectivity index (χ1n) is 5.27. The van der Waals surface area contributed by atoms with E-state index < -0.39 is 0 Å². The number of rotatable bonds is 2. The molecule has 0 atom stereocenters. The fourth-order valence-electron chi connectivity index (χ4n) is 1.65. The Kier molecular flexibility index (Phi) is 2.89. The third-order valence-corrected chi connectivity index (χ3v) is 4.52. The first kappa shape index (κ1) is 11.4. The SMILES string of the molecule is CSc1nc2ncn(-c3ccccc3)c(=O)c2s1. The highest BCUT2D eigenvalue weighted by molar-refractivity contribution is 8.00. The van der Waals surface area contributed by atoms with Gasteiger partial charge in [-0.3, -0.25) is 9.36 Å². The van der Waals surface area contributed by atoms with Crippen molar-refractivity contribution in [2.75, 3.05) is 6.26 Å². The molecule has 0 amide bonds. The van der Waals surface area contributed by atoms with Gasteiger partial charge in [-0.1, -0.05) is 30.0 Å². The summed E-state index contributed by atoms with van der Waals surface area (Å²) in [5.74, 6) is 0. The molecule has 0 fully saturated rings. The molecule has 0 radical (unpaired) electrons. The fourth-order valence-corrected chi connectivity index (χ4v) is 3.10. The standard InChI is InChI=1S/C12H9N3OS2/c1-17-12-14-10-9(18-12)11(16)15(7-13-10)8-5-3-2-4-6-8/h2-7H,1H3. The normalized spacial score (nSPS) is 10.9. The summed E-state index contributed by atoms with van der Waals surface area (Å²) >= 11 is 2.91. The van der Waals surface area contributed by atoms with Crippen molar-refractivity contribution in [3.8, 4) is 5.69 Å². The van der Waals surface area contributed by atoms with Crippen molar-refractivity contribution in [1.29, 1.82) is 0 Å². The van der Waals surface area contributed by atoms with Crippen LogP contribution >= 0.6 is 23.1 Å². The van der Waals surface area contributed by atoms with Gasteiger partial charge < -0.3 is 0 Å². The van der Waals surface area contributed by atoms with E-state index in [0.717, 1.165) is 10.0 Å².